The predicted octanol–water partition coefficient (Wildman–Crippen LogP) is 18.6. The third kappa shape index (κ3) is 50.8. The minimum absolute atomic E-state index is 0.0866. The van der Waals surface area contributed by atoms with E-state index in [0.717, 1.165) is 44.9 Å². The number of rotatable bonds is 51. The third-order valence-electron chi connectivity index (χ3n) is 12.1. The molecule has 0 N–H and O–H groups in total. The summed E-state index contributed by atoms with van der Waals surface area (Å²) in [6, 6.07) is 0. The Kier molecular flexibility index (Phi) is 51.8. The van der Waals surface area contributed by atoms with E-state index in [1.54, 1.807) is 0 Å². The zero-order valence-corrected chi connectivity index (χ0v) is 41.9. The Balaban J connectivity index is 4.13. The van der Waals surface area contributed by atoms with Crippen molar-refractivity contribution < 1.29 is 23.8 Å². The first-order valence-corrected chi connectivity index (χ1v) is 27.5. The smallest absolute Gasteiger partial charge is 0.306 e. The second-order valence-electron chi connectivity index (χ2n) is 18.5. The molecule has 0 spiro atoms. The standard InChI is InChI=1S/C57H106O5/c1-4-7-10-13-16-19-21-23-25-27-28-29-31-33-35-37-40-43-46-49-52-60-53-55(62-57(59)51-48-45-42-38-18-15-12-9-6-3)54-61-56(58)50-47-44-41-39-36-34-32-30-26-24-22-20-17-14-11-8-5-2/h16,19,23-26,55H,4-15,17-18,20-22,27-54H2,1-3H3/b19-16-,25-23-,26-24-. The van der Waals surface area contributed by atoms with Crippen molar-refractivity contribution in [1.29, 1.82) is 0 Å². The normalized spacial score (nSPS) is 12.4. The Labute approximate surface area is 387 Å². The van der Waals surface area contributed by atoms with Crippen LogP contribution in [0.4, 0.5) is 0 Å². The van der Waals surface area contributed by atoms with E-state index >= 15 is 0 Å². The Bertz CT molecular complexity index is 986. The average molecular weight is 871 g/mol. The molecule has 1 unspecified atom stereocenters. The average Bonchev–Trinajstić information content (AvgIpc) is 3.27. The van der Waals surface area contributed by atoms with Gasteiger partial charge in [0.1, 0.15) is 6.61 Å². The van der Waals surface area contributed by atoms with Gasteiger partial charge >= 0.3 is 11.9 Å². The summed E-state index contributed by atoms with van der Waals surface area (Å²) in [5.41, 5.74) is 0. The maximum absolute atomic E-state index is 12.7. The third-order valence-corrected chi connectivity index (χ3v) is 12.1. The summed E-state index contributed by atoms with van der Waals surface area (Å²) in [5.74, 6) is -0.392. The molecule has 0 aromatic carbocycles. The van der Waals surface area contributed by atoms with Crippen molar-refractivity contribution >= 4 is 11.9 Å². The molecule has 0 amide bonds. The van der Waals surface area contributed by atoms with E-state index in [0.29, 0.717) is 19.4 Å². The molecule has 0 heterocycles. The highest BCUT2D eigenvalue weighted by molar-refractivity contribution is 5.70. The van der Waals surface area contributed by atoms with Gasteiger partial charge in [-0.05, 0) is 77.0 Å². The van der Waals surface area contributed by atoms with E-state index in [-0.39, 0.29) is 25.2 Å². The number of carbonyl (C=O) groups excluding carboxylic acids is 2. The SMILES string of the molecule is CCCCC/C=C\C/C=C\CCCCCCCCCCCCOCC(COC(=O)CCCCCCCCC/C=C\CCCCCCCC)OC(=O)CCCCCCCCCCC. The molecule has 0 aliphatic carbocycles. The van der Waals surface area contributed by atoms with Crippen LogP contribution in [0.5, 0.6) is 0 Å². The highest BCUT2D eigenvalue weighted by atomic mass is 16.6. The van der Waals surface area contributed by atoms with Crippen LogP contribution in [0.15, 0.2) is 36.5 Å². The van der Waals surface area contributed by atoms with Crippen LogP contribution in [0.3, 0.4) is 0 Å². The minimum Gasteiger partial charge on any atom is -0.462 e. The number of esters is 2. The van der Waals surface area contributed by atoms with E-state index in [1.807, 2.05) is 0 Å². The Morgan fingerprint density at radius 3 is 1.11 bits per heavy atom. The van der Waals surface area contributed by atoms with Crippen molar-refractivity contribution in [2.75, 3.05) is 19.8 Å². The van der Waals surface area contributed by atoms with Gasteiger partial charge in [-0.15, -0.1) is 0 Å². The molecule has 0 bridgehead atoms. The molecular formula is C57H106O5. The topological polar surface area (TPSA) is 61.8 Å². The van der Waals surface area contributed by atoms with Crippen LogP contribution < -0.4 is 0 Å². The van der Waals surface area contributed by atoms with Gasteiger partial charge in [-0.3, -0.25) is 9.59 Å². The fourth-order valence-electron chi connectivity index (χ4n) is 8.01. The molecule has 0 saturated heterocycles. The molecule has 0 fully saturated rings. The molecule has 0 saturated carbocycles. The maximum atomic E-state index is 12.7. The van der Waals surface area contributed by atoms with Crippen molar-refractivity contribution in [2.24, 2.45) is 0 Å². The minimum atomic E-state index is -0.534. The van der Waals surface area contributed by atoms with Gasteiger partial charge in [0, 0.05) is 19.4 Å². The molecule has 62 heavy (non-hydrogen) atoms. The summed E-state index contributed by atoms with van der Waals surface area (Å²) in [6.45, 7) is 7.82. The number of carbonyl (C=O) groups is 2. The lowest BCUT2D eigenvalue weighted by Gasteiger charge is -2.18. The largest absolute Gasteiger partial charge is 0.462 e. The first-order valence-electron chi connectivity index (χ1n) is 27.5. The van der Waals surface area contributed by atoms with E-state index in [4.69, 9.17) is 14.2 Å². The molecule has 5 nitrogen and oxygen atoms in total. The molecule has 0 aliphatic heterocycles. The zero-order chi connectivity index (χ0) is 44.9. The molecule has 1 atom stereocenters. The van der Waals surface area contributed by atoms with Gasteiger partial charge in [0.15, 0.2) is 6.10 Å². The molecule has 0 aromatic rings. The highest BCUT2D eigenvalue weighted by Gasteiger charge is 2.17. The Morgan fingerprint density at radius 1 is 0.355 bits per heavy atom. The quantitative estimate of drug-likeness (QED) is 0.0346. The van der Waals surface area contributed by atoms with Gasteiger partial charge in [0.25, 0.3) is 0 Å². The highest BCUT2D eigenvalue weighted by Crippen LogP contribution is 2.15. The first kappa shape index (κ1) is 60.1. The Hall–Kier alpha value is -1.88. The number of ether oxygens (including phenoxy) is 3. The van der Waals surface area contributed by atoms with Gasteiger partial charge in [-0.1, -0.05) is 237 Å². The predicted molar refractivity (Wildman–Crippen MR) is 270 cm³/mol. The molecule has 5 heteroatoms. The van der Waals surface area contributed by atoms with Crippen molar-refractivity contribution in [1.82, 2.24) is 0 Å². The van der Waals surface area contributed by atoms with Crippen LogP contribution in [0.25, 0.3) is 0 Å². The fourth-order valence-corrected chi connectivity index (χ4v) is 8.01. The van der Waals surface area contributed by atoms with Crippen LogP contribution >= 0.6 is 0 Å². The lowest BCUT2D eigenvalue weighted by Crippen LogP contribution is -2.30. The maximum Gasteiger partial charge on any atom is 0.306 e. The second kappa shape index (κ2) is 53.5. The van der Waals surface area contributed by atoms with Crippen LogP contribution in [-0.2, 0) is 23.8 Å². The Morgan fingerprint density at radius 2 is 0.677 bits per heavy atom. The lowest BCUT2D eigenvalue weighted by molar-refractivity contribution is -0.163. The summed E-state index contributed by atoms with van der Waals surface area (Å²) in [5, 5.41) is 0. The monoisotopic (exact) mass is 871 g/mol. The van der Waals surface area contributed by atoms with E-state index in [9.17, 15) is 9.59 Å². The summed E-state index contributed by atoms with van der Waals surface area (Å²) in [6.07, 6.45) is 64.5. The van der Waals surface area contributed by atoms with E-state index in [2.05, 4.69) is 57.2 Å². The molecular weight excluding hydrogens is 765 g/mol. The molecule has 0 radical (unpaired) electrons. The van der Waals surface area contributed by atoms with Crippen LogP contribution in [0.1, 0.15) is 290 Å². The molecule has 0 aromatic heterocycles. The summed E-state index contributed by atoms with van der Waals surface area (Å²) >= 11 is 0. The second-order valence-corrected chi connectivity index (χ2v) is 18.5. The fraction of sp³-hybridized carbons (Fsp3) is 0.860. The van der Waals surface area contributed by atoms with Crippen LogP contribution in [-0.4, -0.2) is 37.9 Å². The first-order chi connectivity index (χ1) is 30.6. The molecule has 0 rings (SSSR count). The number of hydrogen-bond donors (Lipinski definition) is 0. The number of unbranched alkanes of at least 4 members (excludes halogenated alkanes) is 34. The van der Waals surface area contributed by atoms with Gasteiger partial charge in [-0.25, -0.2) is 0 Å². The van der Waals surface area contributed by atoms with Crippen LogP contribution in [0.2, 0.25) is 0 Å². The lowest BCUT2D eigenvalue weighted by atomic mass is 10.1. The van der Waals surface area contributed by atoms with E-state index < -0.39 is 6.10 Å². The van der Waals surface area contributed by atoms with Crippen molar-refractivity contribution in [2.45, 2.75) is 297 Å². The molecule has 364 valence electrons. The van der Waals surface area contributed by atoms with Crippen molar-refractivity contribution in [3.05, 3.63) is 36.5 Å². The zero-order valence-electron chi connectivity index (χ0n) is 41.9. The number of hydrogen-bond acceptors (Lipinski definition) is 5. The summed E-state index contributed by atoms with van der Waals surface area (Å²) in [7, 11) is 0. The van der Waals surface area contributed by atoms with Gasteiger partial charge in [-0.2, -0.15) is 0 Å². The van der Waals surface area contributed by atoms with Gasteiger partial charge in [0.05, 0.1) is 6.61 Å². The van der Waals surface area contributed by atoms with Crippen molar-refractivity contribution in [3.8, 4) is 0 Å². The summed E-state index contributed by atoms with van der Waals surface area (Å²) in [4.78, 5) is 25.4. The summed E-state index contributed by atoms with van der Waals surface area (Å²) < 4.78 is 17.4. The number of allylic oxidation sites excluding steroid dienone is 6. The van der Waals surface area contributed by atoms with E-state index in [1.165, 1.54) is 212 Å². The van der Waals surface area contributed by atoms with Crippen LogP contribution in [0, 0.1) is 0 Å². The molecule has 0 aliphatic rings. The van der Waals surface area contributed by atoms with Gasteiger partial charge in [0.2, 0.25) is 0 Å². The van der Waals surface area contributed by atoms with Crippen molar-refractivity contribution in [3.63, 3.8) is 0 Å². The van der Waals surface area contributed by atoms with Gasteiger partial charge < -0.3 is 14.2 Å².